The molecule has 0 saturated carbocycles. The van der Waals surface area contributed by atoms with Gasteiger partial charge >= 0.3 is 0 Å². The Morgan fingerprint density at radius 1 is 1.53 bits per heavy atom. The van der Waals surface area contributed by atoms with Crippen molar-refractivity contribution in [1.29, 1.82) is 0 Å². The highest BCUT2D eigenvalue weighted by Gasteiger charge is 2.07. The molecule has 1 aromatic rings. The van der Waals surface area contributed by atoms with Crippen LogP contribution in [-0.2, 0) is 10.5 Å². The van der Waals surface area contributed by atoms with E-state index in [1.54, 1.807) is 11.8 Å². The highest BCUT2D eigenvalue weighted by molar-refractivity contribution is 7.99. The molecule has 5 heteroatoms. The van der Waals surface area contributed by atoms with Gasteiger partial charge in [-0.15, -0.1) is 0 Å². The number of thioether (sulfide) groups is 1. The number of rotatable bonds is 6. The standard InChI is InChI=1S/C12H17ClN2OS/c1-9(6-7-12(16)15-14)17-8-10-4-2-3-5-11(10)13/h2-5,9H,6-8,14H2,1H3,(H,15,16). The van der Waals surface area contributed by atoms with Crippen LogP contribution in [0.4, 0.5) is 0 Å². The lowest BCUT2D eigenvalue weighted by molar-refractivity contribution is -0.121. The Morgan fingerprint density at radius 3 is 2.88 bits per heavy atom. The summed E-state index contributed by atoms with van der Waals surface area (Å²) in [5.41, 5.74) is 3.27. The minimum Gasteiger partial charge on any atom is -0.294 e. The lowest BCUT2D eigenvalue weighted by Crippen LogP contribution is -2.30. The zero-order valence-electron chi connectivity index (χ0n) is 9.78. The number of hydrogen-bond acceptors (Lipinski definition) is 3. The number of carbonyl (C=O) groups excluding carboxylic acids is 1. The van der Waals surface area contributed by atoms with Gasteiger partial charge in [0.15, 0.2) is 0 Å². The van der Waals surface area contributed by atoms with E-state index < -0.39 is 0 Å². The van der Waals surface area contributed by atoms with Gasteiger partial charge < -0.3 is 0 Å². The third kappa shape index (κ3) is 5.44. The number of halogens is 1. The number of benzene rings is 1. The first-order valence-electron chi connectivity index (χ1n) is 5.48. The quantitative estimate of drug-likeness (QED) is 0.476. The predicted octanol–water partition coefficient (Wildman–Crippen LogP) is 2.73. The van der Waals surface area contributed by atoms with E-state index in [9.17, 15) is 4.79 Å². The van der Waals surface area contributed by atoms with Gasteiger partial charge in [0.1, 0.15) is 0 Å². The second-order valence-electron chi connectivity index (χ2n) is 3.82. The minimum absolute atomic E-state index is 0.116. The second-order valence-corrected chi connectivity index (χ2v) is 5.65. The Kier molecular flexibility index (Phi) is 6.40. The summed E-state index contributed by atoms with van der Waals surface area (Å²) in [5, 5.41) is 1.20. The highest BCUT2D eigenvalue weighted by Crippen LogP contribution is 2.25. The summed E-state index contributed by atoms with van der Waals surface area (Å²) in [5.74, 6) is 5.77. The molecule has 0 aromatic heterocycles. The summed E-state index contributed by atoms with van der Waals surface area (Å²) < 4.78 is 0. The Morgan fingerprint density at radius 2 is 2.24 bits per heavy atom. The highest BCUT2D eigenvalue weighted by atomic mass is 35.5. The second kappa shape index (κ2) is 7.58. The molecular formula is C12H17ClN2OS. The number of amides is 1. The fourth-order valence-corrected chi connectivity index (χ4v) is 2.62. The van der Waals surface area contributed by atoms with Gasteiger partial charge in [-0.1, -0.05) is 36.7 Å². The zero-order chi connectivity index (χ0) is 12.7. The Labute approximate surface area is 111 Å². The number of hydrogen-bond donors (Lipinski definition) is 2. The molecule has 0 aliphatic rings. The molecule has 94 valence electrons. The van der Waals surface area contributed by atoms with Crippen molar-refractivity contribution in [2.45, 2.75) is 30.8 Å². The van der Waals surface area contributed by atoms with Crippen molar-refractivity contribution in [1.82, 2.24) is 5.43 Å². The van der Waals surface area contributed by atoms with Crippen LogP contribution in [0.15, 0.2) is 24.3 Å². The molecule has 0 radical (unpaired) electrons. The van der Waals surface area contributed by atoms with Gasteiger partial charge in [-0.3, -0.25) is 10.2 Å². The fraction of sp³-hybridized carbons (Fsp3) is 0.417. The third-order valence-corrected chi connectivity index (χ3v) is 4.07. The van der Waals surface area contributed by atoms with Crippen LogP contribution in [0.1, 0.15) is 25.3 Å². The number of nitrogens with two attached hydrogens (primary N) is 1. The largest absolute Gasteiger partial charge is 0.294 e. The maximum Gasteiger partial charge on any atom is 0.233 e. The summed E-state index contributed by atoms with van der Waals surface area (Å²) in [6.45, 7) is 2.10. The smallest absolute Gasteiger partial charge is 0.233 e. The lowest BCUT2D eigenvalue weighted by atomic mass is 10.2. The first kappa shape index (κ1) is 14.4. The van der Waals surface area contributed by atoms with Crippen LogP contribution in [0.25, 0.3) is 0 Å². The Hall–Kier alpha value is -0.710. The molecule has 1 amide bonds. The van der Waals surface area contributed by atoms with Gasteiger partial charge in [0.25, 0.3) is 0 Å². The third-order valence-electron chi connectivity index (χ3n) is 2.42. The molecule has 0 aliphatic carbocycles. The summed E-state index contributed by atoms with van der Waals surface area (Å²) >= 11 is 7.85. The average Bonchev–Trinajstić information content (AvgIpc) is 2.35. The molecule has 17 heavy (non-hydrogen) atoms. The van der Waals surface area contributed by atoms with E-state index >= 15 is 0 Å². The molecule has 1 atom stereocenters. The van der Waals surface area contributed by atoms with E-state index in [1.807, 2.05) is 24.3 Å². The molecule has 1 rings (SSSR count). The number of nitrogens with one attached hydrogen (secondary N) is 1. The van der Waals surface area contributed by atoms with Gasteiger partial charge in [-0.05, 0) is 18.1 Å². The molecule has 0 aliphatic heterocycles. The van der Waals surface area contributed by atoms with Gasteiger partial charge in [-0.2, -0.15) is 11.8 Å². The van der Waals surface area contributed by atoms with E-state index in [4.69, 9.17) is 17.4 Å². The fourth-order valence-electron chi connectivity index (χ4n) is 1.34. The monoisotopic (exact) mass is 272 g/mol. The van der Waals surface area contributed by atoms with Gasteiger partial charge in [0.2, 0.25) is 5.91 Å². The predicted molar refractivity (Wildman–Crippen MR) is 73.8 cm³/mol. The van der Waals surface area contributed by atoms with Crippen molar-refractivity contribution in [2.75, 3.05) is 0 Å². The minimum atomic E-state index is -0.116. The van der Waals surface area contributed by atoms with Crippen molar-refractivity contribution in [3.63, 3.8) is 0 Å². The van der Waals surface area contributed by atoms with Crippen molar-refractivity contribution in [2.24, 2.45) is 5.84 Å². The normalized spacial score (nSPS) is 12.2. The molecule has 0 spiro atoms. The molecule has 0 bridgehead atoms. The van der Waals surface area contributed by atoms with Crippen molar-refractivity contribution >= 4 is 29.3 Å². The maximum absolute atomic E-state index is 11.0. The topological polar surface area (TPSA) is 55.1 Å². The lowest BCUT2D eigenvalue weighted by Gasteiger charge is -2.11. The van der Waals surface area contributed by atoms with Crippen LogP contribution in [0.3, 0.4) is 0 Å². The summed E-state index contributed by atoms with van der Waals surface area (Å²) in [6, 6.07) is 7.82. The van der Waals surface area contributed by atoms with Gasteiger partial charge in [0, 0.05) is 22.4 Å². The molecule has 0 saturated heterocycles. The molecular weight excluding hydrogens is 256 g/mol. The van der Waals surface area contributed by atoms with Crippen LogP contribution in [0.2, 0.25) is 5.02 Å². The van der Waals surface area contributed by atoms with Gasteiger partial charge in [-0.25, -0.2) is 5.84 Å². The summed E-state index contributed by atoms with van der Waals surface area (Å²) in [6.07, 6.45) is 1.28. The van der Waals surface area contributed by atoms with Crippen molar-refractivity contribution in [3.8, 4) is 0 Å². The van der Waals surface area contributed by atoms with E-state index in [2.05, 4.69) is 12.3 Å². The molecule has 1 unspecified atom stereocenters. The first-order valence-corrected chi connectivity index (χ1v) is 6.90. The first-order chi connectivity index (χ1) is 8.13. The van der Waals surface area contributed by atoms with Crippen molar-refractivity contribution in [3.05, 3.63) is 34.9 Å². The summed E-state index contributed by atoms with van der Waals surface area (Å²) in [7, 11) is 0. The van der Waals surface area contributed by atoms with Crippen LogP contribution >= 0.6 is 23.4 Å². The SMILES string of the molecule is CC(CCC(=O)NN)SCc1ccccc1Cl. The Balaban J connectivity index is 2.31. The van der Waals surface area contributed by atoms with E-state index in [-0.39, 0.29) is 5.91 Å². The van der Waals surface area contributed by atoms with Crippen LogP contribution in [0.5, 0.6) is 0 Å². The molecule has 3 N–H and O–H groups in total. The van der Waals surface area contributed by atoms with Crippen LogP contribution in [0, 0.1) is 0 Å². The Bertz CT molecular complexity index is 373. The average molecular weight is 273 g/mol. The molecule has 0 fully saturated rings. The van der Waals surface area contributed by atoms with E-state index in [0.717, 1.165) is 22.8 Å². The van der Waals surface area contributed by atoms with Gasteiger partial charge in [0.05, 0.1) is 0 Å². The summed E-state index contributed by atoms with van der Waals surface area (Å²) in [4.78, 5) is 11.0. The zero-order valence-corrected chi connectivity index (χ0v) is 11.4. The van der Waals surface area contributed by atoms with Crippen LogP contribution < -0.4 is 11.3 Å². The van der Waals surface area contributed by atoms with Crippen molar-refractivity contribution < 1.29 is 4.79 Å². The van der Waals surface area contributed by atoms with E-state index in [1.165, 1.54) is 0 Å². The molecule has 0 heterocycles. The molecule has 3 nitrogen and oxygen atoms in total. The maximum atomic E-state index is 11.0. The van der Waals surface area contributed by atoms with Crippen LogP contribution in [-0.4, -0.2) is 11.2 Å². The van der Waals surface area contributed by atoms with E-state index in [0.29, 0.717) is 11.7 Å². The number of carbonyl (C=O) groups is 1. The molecule has 1 aromatic carbocycles. The number of hydrazine groups is 1.